The molecule has 0 radical (unpaired) electrons. The van der Waals surface area contributed by atoms with Crippen LogP contribution in [-0.4, -0.2) is 48.2 Å². The molecule has 2 aromatic rings. The molecular formula is C23H29BF3N3O4S. The number of alkyl halides is 3. The molecular weight excluding hydrogens is 482 g/mol. The molecule has 1 aliphatic carbocycles. The van der Waals surface area contributed by atoms with Crippen molar-refractivity contribution in [2.45, 2.75) is 86.9 Å². The predicted octanol–water partition coefficient (Wildman–Crippen LogP) is 3.99. The van der Waals surface area contributed by atoms with Crippen molar-refractivity contribution in [2.75, 3.05) is 5.32 Å². The maximum absolute atomic E-state index is 13.2. The van der Waals surface area contributed by atoms with E-state index in [1.54, 1.807) is 24.3 Å². The van der Waals surface area contributed by atoms with E-state index < -0.39 is 45.3 Å². The number of nitrogens with one attached hydrogen (secondary N) is 1. The van der Waals surface area contributed by atoms with Gasteiger partial charge >= 0.3 is 13.3 Å². The molecule has 1 saturated heterocycles. The molecule has 0 bridgehead atoms. The Hall–Kier alpha value is -2.18. The van der Waals surface area contributed by atoms with Crippen LogP contribution in [0.3, 0.4) is 0 Å². The third kappa shape index (κ3) is 5.34. The molecule has 4 rings (SSSR count). The van der Waals surface area contributed by atoms with Crippen LogP contribution in [0, 0.1) is 0 Å². The highest BCUT2D eigenvalue weighted by Crippen LogP contribution is 2.37. The largest absolute Gasteiger partial charge is 0.494 e. The Morgan fingerprint density at radius 1 is 0.914 bits per heavy atom. The lowest BCUT2D eigenvalue weighted by atomic mass is 9.79. The van der Waals surface area contributed by atoms with Crippen LogP contribution in [0.15, 0.2) is 41.3 Å². The first-order valence-corrected chi connectivity index (χ1v) is 13.1. The van der Waals surface area contributed by atoms with Gasteiger partial charge in [0, 0.05) is 6.04 Å². The minimum atomic E-state index is -4.54. The normalized spacial score (nSPS) is 24.4. The second-order valence-corrected chi connectivity index (χ2v) is 12.3. The zero-order valence-electron chi connectivity index (χ0n) is 20.1. The summed E-state index contributed by atoms with van der Waals surface area (Å²) in [4.78, 5) is 0.253. The summed E-state index contributed by atoms with van der Waals surface area (Å²) in [5.41, 5.74) is -1.27. The third-order valence-electron chi connectivity index (χ3n) is 7.15. The number of anilines is 1. The first-order chi connectivity index (χ1) is 16.2. The quantitative estimate of drug-likeness (QED) is 0.608. The van der Waals surface area contributed by atoms with Crippen molar-refractivity contribution >= 4 is 28.2 Å². The van der Waals surface area contributed by atoms with E-state index in [1.807, 2.05) is 27.7 Å². The Morgan fingerprint density at radius 2 is 1.49 bits per heavy atom. The average molecular weight is 511 g/mol. The summed E-state index contributed by atoms with van der Waals surface area (Å²) in [5, 5.41) is 9.34. The smallest absolute Gasteiger partial charge is 0.399 e. The first-order valence-electron chi connectivity index (χ1n) is 11.6. The molecule has 0 amide bonds. The van der Waals surface area contributed by atoms with Crippen LogP contribution in [0.25, 0.3) is 0 Å². The first kappa shape index (κ1) is 25.9. The Morgan fingerprint density at radius 3 is 1.97 bits per heavy atom. The van der Waals surface area contributed by atoms with Gasteiger partial charge in [0.05, 0.1) is 21.3 Å². The van der Waals surface area contributed by atoms with E-state index in [0.717, 1.165) is 11.5 Å². The van der Waals surface area contributed by atoms with Crippen molar-refractivity contribution in [1.82, 2.24) is 10.2 Å². The SMILES string of the molecule is CC1(C)OB(c2ccc(S(=O)(=O)C3CCC(Nc4ccc(C(F)(F)F)nn4)CC3)cc2)OC1(C)C. The van der Waals surface area contributed by atoms with Crippen LogP contribution < -0.4 is 10.8 Å². The number of benzene rings is 1. The van der Waals surface area contributed by atoms with Crippen molar-refractivity contribution in [2.24, 2.45) is 0 Å². The Bertz CT molecular complexity index is 1130. The third-order valence-corrected chi connectivity index (χ3v) is 9.43. The second kappa shape index (κ2) is 9.04. The van der Waals surface area contributed by atoms with Crippen LogP contribution >= 0.6 is 0 Å². The lowest BCUT2D eigenvalue weighted by Crippen LogP contribution is -2.41. The molecule has 2 heterocycles. The van der Waals surface area contributed by atoms with Crippen molar-refractivity contribution in [3.63, 3.8) is 0 Å². The fourth-order valence-electron chi connectivity index (χ4n) is 4.27. The van der Waals surface area contributed by atoms with E-state index in [1.165, 1.54) is 6.07 Å². The van der Waals surface area contributed by atoms with Crippen LogP contribution in [0.1, 0.15) is 59.1 Å². The van der Waals surface area contributed by atoms with Crippen molar-refractivity contribution < 1.29 is 30.9 Å². The molecule has 1 aromatic heterocycles. The lowest BCUT2D eigenvalue weighted by molar-refractivity contribution is -0.141. The molecule has 0 spiro atoms. The van der Waals surface area contributed by atoms with Crippen molar-refractivity contribution in [3.05, 3.63) is 42.1 Å². The summed E-state index contributed by atoms with van der Waals surface area (Å²) < 4.78 is 76.4. The highest BCUT2D eigenvalue weighted by atomic mass is 32.2. The zero-order chi connectivity index (χ0) is 25.6. The van der Waals surface area contributed by atoms with E-state index in [0.29, 0.717) is 25.7 Å². The number of nitrogens with zero attached hydrogens (tertiary/aromatic N) is 2. The molecule has 7 nitrogen and oxygen atoms in total. The van der Waals surface area contributed by atoms with E-state index in [2.05, 4.69) is 15.5 Å². The van der Waals surface area contributed by atoms with Crippen molar-refractivity contribution in [1.29, 1.82) is 0 Å². The molecule has 190 valence electrons. The summed E-state index contributed by atoms with van der Waals surface area (Å²) in [5.74, 6) is 0.239. The van der Waals surface area contributed by atoms with E-state index >= 15 is 0 Å². The molecule has 2 aliphatic rings. The molecule has 1 aliphatic heterocycles. The number of sulfone groups is 1. The van der Waals surface area contributed by atoms with Gasteiger partial charge in [-0.25, -0.2) is 8.42 Å². The van der Waals surface area contributed by atoms with Gasteiger partial charge in [-0.05, 0) is 83.1 Å². The Labute approximate surface area is 203 Å². The average Bonchev–Trinajstić information content (AvgIpc) is 3.01. The fraction of sp³-hybridized carbons (Fsp3) is 0.565. The van der Waals surface area contributed by atoms with Gasteiger partial charge < -0.3 is 14.6 Å². The number of hydrogen-bond acceptors (Lipinski definition) is 7. The second-order valence-electron chi connectivity index (χ2n) is 10.1. The van der Waals surface area contributed by atoms with E-state index in [9.17, 15) is 21.6 Å². The van der Waals surface area contributed by atoms with Gasteiger partial charge in [-0.3, -0.25) is 0 Å². The Balaban J connectivity index is 1.36. The highest BCUT2D eigenvalue weighted by Gasteiger charge is 2.51. The van der Waals surface area contributed by atoms with Gasteiger partial charge in [-0.1, -0.05) is 12.1 Å². The fourth-order valence-corrected chi connectivity index (χ4v) is 6.07. The molecule has 0 atom stereocenters. The standard InChI is InChI=1S/C23H29BF3N3O4S/c1-21(2)22(3,4)34-24(33-21)15-5-9-17(10-6-15)35(31,32)18-11-7-16(8-12-18)28-20-14-13-19(29-30-20)23(25,26)27/h5-6,9-10,13-14,16,18H,7-8,11-12H2,1-4H3,(H,28,30). The molecule has 0 unspecified atom stereocenters. The minimum absolute atomic E-state index is 0.0850. The Kier molecular flexibility index (Phi) is 6.69. The highest BCUT2D eigenvalue weighted by molar-refractivity contribution is 7.92. The van der Waals surface area contributed by atoms with Gasteiger partial charge in [-0.2, -0.15) is 13.2 Å². The molecule has 35 heavy (non-hydrogen) atoms. The predicted molar refractivity (Wildman–Crippen MR) is 126 cm³/mol. The minimum Gasteiger partial charge on any atom is -0.399 e. The monoisotopic (exact) mass is 511 g/mol. The van der Waals surface area contributed by atoms with Gasteiger partial charge in [0.1, 0.15) is 5.82 Å². The zero-order valence-corrected chi connectivity index (χ0v) is 20.9. The van der Waals surface area contributed by atoms with E-state index in [4.69, 9.17) is 9.31 Å². The summed E-state index contributed by atoms with van der Waals surface area (Å²) >= 11 is 0. The number of halogens is 3. The summed E-state index contributed by atoms with van der Waals surface area (Å²) in [7, 11) is -4.09. The van der Waals surface area contributed by atoms with Crippen molar-refractivity contribution in [3.8, 4) is 0 Å². The maximum Gasteiger partial charge on any atom is 0.494 e. The van der Waals surface area contributed by atoms with Crippen LogP contribution in [0.2, 0.25) is 0 Å². The van der Waals surface area contributed by atoms with Crippen LogP contribution in [0.5, 0.6) is 0 Å². The van der Waals surface area contributed by atoms with Crippen LogP contribution in [0.4, 0.5) is 19.0 Å². The summed E-state index contributed by atoms with van der Waals surface area (Å²) in [6.07, 6.45) is -2.56. The molecule has 2 fully saturated rings. The maximum atomic E-state index is 13.2. The molecule has 1 saturated carbocycles. The van der Waals surface area contributed by atoms with Gasteiger partial charge in [0.2, 0.25) is 0 Å². The van der Waals surface area contributed by atoms with Gasteiger partial charge in [-0.15, -0.1) is 10.2 Å². The topological polar surface area (TPSA) is 90.4 Å². The number of hydrogen-bond donors (Lipinski definition) is 1. The molecule has 12 heteroatoms. The molecule has 1 N–H and O–H groups in total. The van der Waals surface area contributed by atoms with Gasteiger partial charge in [0.15, 0.2) is 15.5 Å². The van der Waals surface area contributed by atoms with E-state index in [-0.39, 0.29) is 16.8 Å². The number of rotatable bonds is 5. The lowest BCUT2D eigenvalue weighted by Gasteiger charge is -2.32. The van der Waals surface area contributed by atoms with Crippen LogP contribution in [-0.2, 0) is 25.3 Å². The summed E-state index contributed by atoms with van der Waals surface area (Å²) in [6.45, 7) is 7.84. The van der Waals surface area contributed by atoms with Gasteiger partial charge in [0.25, 0.3) is 0 Å². The summed E-state index contributed by atoms with van der Waals surface area (Å²) in [6, 6.07) is 8.67. The molecule has 1 aromatic carbocycles. The number of aromatic nitrogens is 2.